The number of halogens is 3. The molecule has 0 radical (unpaired) electrons. The molecule has 16 heavy (non-hydrogen) atoms. The Morgan fingerprint density at radius 2 is 2.06 bits per heavy atom. The largest absolute Gasteiger partial charge is 0.365 e. The Balaban J connectivity index is 3.22. The second-order valence-corrected chi connectivity index (χ2v) is 4.31. The van der Waals surface area contributed by atoms with Crippen LogP contribution in [0.25, 0.3) is 0 Å². The summed E-state index contributed by atoms with van der Waals surface area (Å²) in [5.41, 5.74) is -0.0998. The second kappa shape index (κ2) is 5.01. The van der Waals surface area contributed by atoms with Crippen LogP contribution in [0.3, 0.4) is 0 Å². The van der Waals surface area contributed by atoms with Gasteiger partial charge < -0.3 is 5.32 Å². The summed E-state index contributed by atoms with van der Waals surface area (Å²) in [6, 6.07) is -0.249. The molecular weight excluding hydrogens is 236 g/mol. The van der Waals surface area contributed by atoms with Gasteiger partial charge in [0.25, 0.3) is 0 Å². The van der Waals surface area contributed by atoms with Gasteiger partial charge in [0.2, 0.25) is 0 Å². The summed E-state index contributed by atoms with van der Waals surface area (Å²) in [4.78, 5) is 7.34. The van der Waals surface area contributed by atoms with Crippen LogP contribution in [-0.4, -0.2) is 17.0 Å². The van der Waals surface area contributed by atoms with Crippen molar-refractivity contribution in [3.05, 3.63) is 23.8 Å². The summed E-state index contributed by atoms with van der Waals surface area (Å²) in [7, 11) is 1.70. The van der Waals surface area contributed by atoms with Gasteiger partial charge in [-0.25, -0.2) is 9.97 Å². The van der Waals surface area contributed by atoms with Gasteiger partial charge in [-0.05, 0) is 24.6 Å². The average Bonchev–Trinajstić information content (AvgIpc) is 2.17. The quantitative estimate of drug-likeness (QED) is 0.834. The van der Waals surface area contributed by atoms with E-state index in [4.69, 9.17) is 11.6 Å². The van der Waals surface area contributed by atoms with Gasteiger partial charge in [0.15, 0.2) is 0 Å². The third-order valence-corrected chi connectivity index (χ3v) is 2.50. The minimum absolute atomic E-state index is 0.133. The number of nitrogens with zero attached hydrogens (tertiary/aromatic N) is 2. The van der Waals surface area contributed by atoms with Crippen molar-refractivity contribution in [2.45, 2.75) is 25.3 Å². The van der Waals surface area contributed by atoms with Crippen molar-refractivity contribution >= 4 is 11.6 Å². The molecule has 0 amide bonds. The lowest BCUT2D eigenvalue weighted by atomic mass is 9.96. The van der Waals surface area contributed by atoms with E-state index < -0.39 is 11.1 Å². The summed E-state index contributed by atoms with van der Waals surface area (Å²) >= 11 is 5.02. The van der Waals surface area contributed by atoms with Gasteiger partial charge in [-0.2, -0.15) is 8.78 Å². The van der Waals surface area contributed by atoms with Crippen LogP contribution in [0.15, 0.2) is 12.5 Å². The number of nitrogens with one attached hydrogen (secondary N) is 1. The summed E-state index contributed by atoms with van der Waals surface area (Å²) < 4.78 is 26.2. The SMILES string of the molecule is CNC(c1cncnc1C(F)(F)Cl)C(C)C. The lowest BCUT2D eigenvalue weighted by Gasteiger charge is -2.23. The van der Waals surface area contributed by atoms with E-state index in [1.165, 1.54) is 6.20 Å². The number of aromatic nitrogens is 2. The van der Waals surface area contributed by atoms with E-state index in [9.17, 15) is 8.78 Å². The lowest BCUT2D eigenvalue weighted by molar-refractivity contribution is 0.0874. The molecule has 1 rings (SSSR count). The van der Waals surface area contributed by atoms with E-state index >= 15 is 0 Å². The van der Waals surface area contributed by atoms with Gasteiger partial charge in [-0.3, -0.25) is 0 Å². The Hall–Kier alpha value is -0.810. The Morgan fingerprint density at radius 3 is 2.50 bits per heavy atom. The number of alkyl halides is 3. The molecule has 1 unspecified atom stereocenters. The highest BCUT2D eigenvalue weighted by Gasteiger charge is 2.35. The van der Waals surface area contributed by atoms with Gasteiger partial charge >= 0.3 is 5.38 Å². The summed E-state index contributed by atoms with van der Waals surface area (Å²) in [5.74, 6) is 0.133. The topological polar surface area (TPSA) is 37.8 Å². The molecule has 0 bridgehead atoms. The van der Waals surface area contributed by atoms with Crippen molar-refractivity contribution in [3.8, 4) is 0 Å². The maximum atomic E-state index is 13.1. The maximum absolute atomic E-state index is 13.1. The fourth-order valence-electron chi connectivity index (χ4n) is 1.65. The van der Waals surface area contributed by atoms with Gasteiger partial charge in [0.1, 0.15) is 12.0 Å². The molecule has 1 heterocycles. The van der Waals surface area contributed by atoms with E-state index in [1.54, 1.807) is 7.05 Å². The first-order valence-electron chi connectivity index (χ1n) is 4.92. The van der Waals surface area contributed by atoms with Crippen molar-refractivity contribution in [1.82, 2.24) is 15.3 Å². The van der Waals surface area contributed by atoms with E-state index in [0.717, 1.165) is 6.33 Å². The molecule has 90 valence electrons. The molecule has 1 aromatic rings. The Bertz CT molecular complexity index is 352. The first-order valence-corrected chi connectivity index (χ1v) is 5.30. The van der Waals surface area contributed by atoms with Crippen LogP contribution in [-0.2, 0) is 5.38 Å². The van der Waals surface area contributed by atoms with Gasteiger partial charge in [0.05, 0.1) is 0 Å². The fraction of sp³-hybridized carbons (Fsp3) is 0.600. The predicted molar refractivity (Wildman–Crippen MR) is 58.4 cm³/mol. The predicted octanol–water partition coefficient (Wildman–Crippen LogP) is 2.68. The Labute approximate surface area is 98.2 Å². The van der Waals surface area contributed by atoms with Crippen molar-refractivity contribution in [2.24, 2.45) is 5.92 Å². The average molecular weight is 250 g/mol. The third-order valence-electron chi connectivity index (χ3n) is 2.32. The van der Waals surface area contributed by atoms with Crippen LogP contribution in [0.4, 0.5) is 8.78 Å². The van der Waals surface area contributed by atoms with E-state index in [0.29, 0.717) is 5.56 Å². The zero-order valence-electron chi connectivity index (χ0n) is 9.34. The number of hydrogen-bond donors (Lipinski definition) is 1. The normalized spacial score (nSPS) is 14.2. The van der Waals surface area contributed by atoms with Crippen LogP contribution in [0.2, 0.25) is 0 Å². The van der Waals surface area contributed by atoms with Gasteiger partial charge in [-0.15, -0.1) is 0 Å². The Morgan fingerprint density at radius 1 is 1.44 bits per heavy atom. The molecule has 3 nitrogen and oxygen atoms in total. The monoisotopic (exact) mass is 249 g/mol. The van der Waals surface area contributed by atoms with Crippen LogP contribution >= 0.6 is 11.6 Å². The molecule has 0 aromatic carbocycles. The molecule has 1 atom stereocenters. The Kier molecular flexibility index (Phi) is 4.15. The smallest absolute Gasteiger partial charge is 0.313 e. The van der Waals surface area contributed by atoms with E-state index in [2.05, 4.69) is 15.3 Å². The number of hydrogen-bond acceptors (Lipinski definition) is 3. The summed E-state index contributed by atoms with van der Waals surface area (Å²) in [6.45, 7) is 3.84. The molecule has 0 aliphatic rings. The number of rotatable bonds is 4. The molecule has 0 spiro atoms. The molecule has 0 aliphatic heterocycles. The molecule has 0 fully saturated rings. The zero-order chi connectivity index (χ0) is 12.3. The lowest BCUT2D eigenvalue weighted by Crippen LogP contribution is -2.25. The molecule has 1 N–H and O–H groups in total. The molecule has 0 saturated carbocycles. The van der Waals surface area contributed by atoms with Gasteiger partial charge in [0, 0.05) is 17.8 Å². The first kappa shape index (κ1) is 13.3. The summed E-state index contributed by atoms with van der Waals surface area (Å²) in [6.07, 6.45) is 2.45. The van der Waals surface area contributed by atoms with Crippen LogP contribution in [0.1, 0.15) is 31.1 Å². The zero-order valence-corrected chi connectivity index (χ0v) is 10.1. The fourth-order valence-corrected chi connectivity index (χ4v) is 1.81. The highest BCUT2D eigenvalue weighted by atomic mass is 35.5. The highest BCUT2D eigenvalue weighted by molar-refractivity contribution is 6.21. The summed E-state index contributed by atoms with van der Waals surface area (Å²) in [5, 5.41) is -0.512. The highest BCUT2D eigenvalue weighted by Crippen LogP contribution is 2.36. The maximum Gasteiger partial charge on any atom is 0.365 e. The molecule has 0 saturated heterocycles. The van der Waals surface area contributed by atoms with Crippen LogP contribution in [0.5, 0.6) is 0 Å². The standard InChI is InChI=1S/C10H14ClF2N3/c1-6(2)8(14-3)7-4-15-5-16-9(7)10(11,12)13/h4-6,8,14H,1-3H3. The van der Waals surface area contributed by atoms with E-state index in [-0.39, 0.29) is 12.0 Å². The third kappa shape index (κ3) is 2.86. The molecule has 0 aliphatic carbocycles. The minimum atomic E-state index is -3.47. The van der Waals surface area contributed by atoms with E-state index in [1.807, 2.05) is 13.8 Å². The van der Waals surface area contributed by atoms with Crippen molar-refractivity contribution in [1.29, 1.82) is 0 Å². The van der Waals surface area contributed by atoms with Crippen LogP contribution < -0.4 is 5.32 Å². The molecular formula is C10H14ClF2N3. The van der Waals surface area contributed by atoms with Crippen LogP contribution in [0, 0.1) is 5.92 Å². The molecule has 6 heteroatoms. The van der Waals surface area contributed by atoms with Crippen molar-refractivity contribution < 1.29 is 8.78 Å². The van der Waals surface area contributed by atoms with Gasteiger partial charge in [-0.1, -0.05) is 13.8 Å². The van der Waals surface area contributed by atoms with Crippen molar-refractivity contribution in [2.75, 3.05) is 7.05 Å². The van der Waals surface area contributed by atoms with Crippen molar-refractivity contribution in [3.63, 3.8) is 0 Å². The second-order valence-electron chi connectivity index (χ2n) is 3.83. The molecule has 1 aromatic heterocycles. The first-order chi connectivity index (χ1) is 7.38. The minimum Gasteiger partial charge on any atom is -0.313 e.